The molecule has 1 fully saturated rings. The van der Waals surface area contributed by atoms with Crippen molar-refractivity contribution < 1.29 is 4.79 Å². The van der Waals surface area contributed by atoms with Crippen LogP contribution in [0.3, 0.4) is 0 Å². The number of aromatic amines is 1. The first-order chi connectivity index (χ1) is 11.1. The van der Waals surface area contributed by atoms with E-state index in [1.807, 2.05) is 0 Å². The van der Waals surface area contributed by atoms with E-state index in [9.17, 15) is 9.59 Å². The second-order valence-corrected chi connectivity index (χ2v) is 6.89. The molecular weight excluding hydrogens is 310 g/mol. The third-order valence-electron chi connectivity index (χ3n) is 4.28. The largest absolute Gasteiger partial charge is 0.338 e. The number of amides is 1. The molecule has 23 heavy (non-hydrogen) atoms. The molecule has 0 aliphatic carbocycles. The Balaban J connectivity index is 1.77. The van der Waals surface area contributed by atoms with Crippen LogP contribution in [0, 0.1) is 6.92 Å². The number of pyridine rings is 1. The zero-order valence-corrected chi connectivity index (χ0v) is 14.3. The van der Waals surface area contributed by atoms with Crippen molar-refractivity contribution in [2.75, 3.05) is 13.1 Å². The Hall–Kier alpha value is -1.95. The maximum absolute atomic E-state index is 12.7. The summed E-state index contributed by atoms with van der Waals surface area (Å²) in [4.78, 5) is 33.8. The predicted octanol–water partition coefficient (Wildman–Crippen LogP) is 2.72. The van der Waals surface area contributed by atoms with Crippen LogP contribution in [0.15, 0.2) is 22.3 Å². The molecule has 0 radical (unpaired) electrons. The average molecular weight is 331 g/mol. The quantitative estimate of drug-likeness (QED) is 0.940. The van der Waals surface area contributed by atoms with Gasteiger partial charge in [0.05, 0.1) is 10.7 Å². The Kier molecular flexibility index (Phi) is 4.61. The Bertz CT molecular complexity index is 765. The van der Waals surface area contributed by atoms with E-state index in [-0.39, 0.29) is 22.9 Å². The topological polar surface area (TPSA) is 66.1 Å². The molecule has 1 amide bonds. The number of likely N-dealkylation sites (tertiary alicyclic amines) is 1. The van der Waals surface area contributed by atoms with Gasteiger partial charge in [-0.2, -0.15) is 0 Å². The highest BCUT2D eigenvalue weighted by molar-refractivity contribution is 7.09. The Morgan fingerprint density at radius 1 is 1.48 bits per heavy atom. The van der Waals surface area contributed by atoms with Gasteiger partial charge in [-0.25, -0.2) is 4.98 Å². The Labute approximate surface area is 139 Å². The van der Waals surface area contributed by atoms with E-state index in [0.717, 1.165) is 35.7 Å². The summed E-state index contributed by atoms with van der Waals surface area (Å²) < 4.78 is 0. The number of carbonyl (C=O) groups is 1. The number of nitrogens with one attached hydrogen (secondary N) is 1. The van der Waals surface area contributed by atoms with Crippen LogP contribution >= 0.6 is 11.3 Å². The molecule has 122 valence electrons. The molecule has 0 unspecified atom stereocenters. The summed E-state index contributed by atoms with van der Waals surface area (Å²) in [6.45, 7) is 5.25. The summed E-state index contributed by atoms with van der Waals surface area (Å²) >= 11 is 1.68. The van der Waals surface area contributed by atoms with E-state index in [1.54, 1.807) is 35.3 Å². The van der Waals surface area contributed by atoms with Crippen molar-refractivity contribution in [1.29, 1.82) is 0 Å². The fourth-order valence-electron chi connectivity index (χ4n) is 2.95. The third-order valence-corrected chi connectivity index (χ3v) is 5.33. The lowest BCUT2D eigenvalue weighted by Crippen LogP contribution is -2.41. The summed E-state index contributed by atoms with van der Waals surface area (Å²) in [5.74, 6) is 0.103. The van der Waals surface area contributed by atoms with Crippen molar-refractivity contribution in [3.05, 3.63) is 49.8 Å². The molecule has 3 heterocycles. The molecule has 5 nitrogen and oxygen atoms in total. The number of nitrogens with zero attached hydrogens (tertiary/aromatic N) is 2. The highest BCUT2D eigenvalue weighted by atomic mass is 32.1. The molecule has 0 aromatic carbocycles. The number of carbonyl (C=O) groups excluding carboxylic acids is 1. The van der Waals surface area contributed by atoms with Gasteiger partial charge in [0.15, 0.2) is 0 Å². The number of hydrogen-bond donors (Lipinski definition) is 1. The zero-order valence-electron chi connectivity index (χ0n) is 13.5. The minimum absolute atomic E-state index is 0.178. The maximum atomic E-state index is 12.7. The maximum Gasteiger partial charge on any atom is 0.260 e. The van der Waals surface area contributed by atoms with Gasteiger partial charge in [-0.05, 0) is 38.3 Å². The van der Waals surface area contributed by atoms with Gasteiger partial charge in [0.1, 0.15) is 5.56 Å². The molecule has 1 aliphatic rings. The van der Waals surface area contributed by atoms with Gasteiger partial charge in [-0.3, -0.25) is 9.59 Å². The van der Waals surface area contributed by atoms with Crippen molar-refractivity contribution >= 4 is 17.2 Å². The van der Waals surface area contributed by atoms with E-state index in [1.165, 1.54) is 0 Å². The van der Waals surface area contributed by atoms with Crippen LogP contribution in [0.2, 0.25) is 0 Å². The average Bonchev–Trinajstić information content (AvgIpc) is 3.03. The lowest BCUT2D eigenvalue weighted by molar-refractivity contribution is 0.0705. The summed E-state index contributed by atoms with van der Waals surface area (Å²) in [5, 5.41) is 3.21. The summed E-state index contributed by atoms with van der Waals surface area (Å²) in [6.07, 6.45) is 2.93. The number of piperidine rings is 1. The van der Waals surface area contributed by atoms with Gasteiger partial charge in [-0.1, -0.05) is 6.92 Å². The minimum Gasteiger partial charge on any atom is -0.338 e. The summed E-state index contributed by atoms with van der Waals surface area (Å²) in [5.41, 5.74) is 1.80. The minimum atomic E-state index is -0.306. The highest BCUT2D eigenvalue weighted by Gasteiger charge is 2.28. The fourth-order valence-corrected chi connectivity index (χ4v) is 3.98. The van der Waals surface area contributed by atoms with Crippen molar-refractivity contribution in [1.82, 2.24) is 14.9 Å². The van der Waals surface area contributed by atoms with E-state index in [0.29, 0.717) is 13.1 Å². The van der Waals surface area contributed by atoms with Gasteiger partial charge in [0.2, 0.25) is 0 Å². The number of hydrogen-bond acceptors (Lipinski definition) is 4. The molecule has 1 atom stereocenters. The van der Waals surface area contributed by atoms with Gasteiger partial charge in [0.25, 0.3) is 11.5 Å². The number of rotatable bonds is 3. The summed E-state index contributed by atoms with van der Waals surface area (Å²) in [7, 11) is 0. The lowest BCUT2D eigenvalue weighted by Gasteiger charge is -2.31. The van der Waals surface area contributed by atoms with Gasteiger partial charge < -0.3 is 9.88 Å². The number of aromatic nitrogens is 2. The molecule has 0 bridgehead atoms. The molecule has 0 spiro atoms. The molecule has 2 aromatic heterocycles. The molecule has 2 aromatic rings. The zero-order chi connectivity index (χ0) is 16.4. The SMILES string of the molecule is CCc1csc([C@@H]2CCCN(C(=O)c3ccc(C)[nH]c3=O)C2)n1. The van der Waals surface area contributed by atoms with E-state index >= 15 is 0 Å². The first-order valence-corrected chi connectivity index (χ1v) is 8.90. The summed E-state index contributed by atoms with van der Waals surface area (Å²) in [6, 6.07) is 3.39. The highest BCUT2D eigenvalue weighted by Crippen LogP contribution is 2.29. The second kappa shape index (κ2) is 6.66. The van der Waals surface area contributed by atoms with Gasteiger partial charge in [-0.15, -0.1) is 11.3 Å². The molecular formula is C17H21N3O2S. The Morgan fingerprint density at radius 3 is 3.00 bits per heavy atom. The molecule has 3 rings (SSSR count). The molecule has 0 saturated carbocycles. The molecule has 1 saturated heterocycles. The van der Waals surface area contributed by atoms with Crippen molar-refractivity contribution in [3.63, 3.8) is 0 Å². The second-order valence-electron chi connectivity index (χ2n) is 6.01. The van der Waals surface area contributed by atoms with Crippen LogP contribution < -0.4 is 5.56 Å². The monoisotopic (exact) mass is 331 g/mol. The molecule has 6 heteroatoms. The van der Waals surface area contributed by atoms with Crippen molar-refractivity contribution in [3.8, 4) is 0 Å². The molecule has 1 aliphatic heterocycles. The van der Waals surface area contributed by atoms with Gasteiger partial charge in [0, 0.05) is 30.1 Å². The molecule has 1 N–H and O–H groups in total. The van der Waals surface area contributed by atoms with E-state index in [4.69, 9.17) is 0 Å². The first kappa shape index (κ1) is 15.9. The van der Waals surface area contributed by atoms with Crippen molar-refractivity contribution in [2.45, 2.75) is 39.0 Å². The smallest absolute Gasteiger partial charge is 0.260 e. The van der Waals surface area contributed by atoms with Crippen LogP contribution in [0.5, 0.6) is 0 Å². The number of thiazole rings is 1. The Morgan fingerprint density at radius 2 is 2.30 bits per heavy atom. The lowest BCUT2D eigenvalue weighted by atomic mass is 9.98. The third kappa shape index (κ3) is 3.37. The van der Waals surface area contributed by atoms with Crippen LogP contribution in [-0.4, -0.2) is 33.9 Å². The predicted molar refractivity (Wildman–Crippen MR) is 91.2 cm³/mol. The number of H-pyrrole nitrogens is 1. The van der Waals surface area contributed by atoms with Crippen LogP contribution in [0.25, 0.3) is 0 Å². The van der Waals surface area contributed by atoms with E-state index in [2.05, 4.69) is 22.3 Å². The van der Waals surface area contributed by atoms with Crippen LogP contribution in [0.4, 0.5) is 0 Å². The van der Waals surface area contributed by atoms with Crippen LogP contribution in [-0.2, 0) is 6.42 Å². The van der Waals surface area contributed by atoms with E-state index < -0.39 is 0 Å². The normalized spacial score (nSPS) is 18.2. The van der Waals surface area contributed by atoms with Crippen molar-refractivity contribution in [2.24, 2.45) is 0 Å². The standard InChI is InChI=1S/C17H21N3O2S/c1-3-13-10-23-16(19-13)12-5-4-8-20(9-12)17(22)14-7-6-11(2)18-15(14)21/h6-7,10,12H,3-5,8-9H2,1-2H3,(H,18,21)/t12-/m1/s1. The first-order valence-electron chi connectivity index (χ1n) is 8.02. The number of aryl methyl sites for hydroxylation is 2. The van der Waals surface area contributed by atoms with Gasteiger partial charge >= 0.3 is 0 Å². The fraction of sp³-hybridized carbons (Fsp3) is 0.471. The van der Waals surface area contributed by atoms with Crippen LogP contribution in [0.1, 0.15) is 52.4 Å².